The molecule has 154 valence electrons. The second kappa shape index (κ2) is 7.25. The number of piperidine rings is 1. The Hall–Kier alpha value is -0.750. The van der Waals surface area contributed by atoms with Crippen LogP contribution in [0.5, 0.6) is 0 Å². The fourth-order valence-electron chi connectivity index (χ4n) is 6.27. The minimum atomic E-state index is -4.07. The molecule has 1 atom stereocenters. The normalized spacial score (nSPS) is 36.5. The standard InChI is InChI=1S/C21H34F3N3/c1-16(2)26-11-7-20(14-26)12-18(13-20)25-9-5-17(6-10-25)19-4-3-8-27(19)15-21(22,23)24/h17-19H,1,3-15H2,2H3/t18?,19-,20?/m0/s1. The van der Waals surface area contributed by atoms with Gasteiger partial charge in [-0.25, -0.2) is 0 Å². The molecule has 0 aromatic heterocycles. The Morgan fingerprint density at radius 2 is 1.78 bits per heavy atom. The topological polar surface area (TPSA) is 9.72 Å². The second-order valence-corrected chi connectivity index (χ2v) is 9.64. The van der Waals surface area contributed by atoms with Gasteiger partial charge in [0.2, 0.25) is 0 Å². The molecule has 1 aliphatic carbocycles. The van der Waals surface area contributed by atoms with Gasteiger partial charge in [0, 0.05) is 30.9 Å². The summed E-state index contributed by atoms with van der Waals surface area (Å²) >= 11 is 0. The number of allylic oxidation sites excluding steroid dienone is 1. The van der Waals surface area contributed by atoms with Gasteiger partial charge < -0.3 is 9.80 Å². The highest BCUT2D eigenvalue weighted by molar-refractivity contribution is 5.08. The fraction of sp³-hybridized carbons (Fsp3) is 0.905. The molecule has 4 aliphatic rings. The minimum Gasteiger partial charge on any atom is -0.375 e. The SMILES string of the molecule is C=C(C)N1CCC2(CC(N3CCC([C@@H]4CCCN4CC(F)(F)F)CC3)C2)C1. The summed E-state index contributed by atoms with van der Waals surface area (Å²) < 4.78 is 38.5. The maximum atomic E-state index is 12.8. The van der Waals surface area contributed by atoms with Crippen molar-refractivity contribution in [2.45, 2.75) is 70.1 Å². The first-order valence-corrected chi connectivity index (χ1v) is 10.7. The monoisotopic (exact) mass is 385 g/mol. The third-order valence-corrected chi connectivity index (χ3v) is 7.75. The van der Waals surface area contributed by atoms with Gasteiger partial charge in [-0.1, -0.05) is 6.58 Å². The molecule has 0 radical (unpaired) electrons. The summed E-state index contributed by atoms with van der Waals surface area (Å²) in [7, 11) is 0. The molecule has 6 heteroatoms. The lowest BCUT2D eigenvalue weighted by Crippen LogP contribution is -2.55. The Morgan fingerprint density at radius 1 is 1.07 bits per heavy atom. The van der Waals surface area contributed by atoms with Crippen LogP contribution in [0.3, 0.4) is 0 Å². The molecule has 3 aliphatic heterocycles. The number of likely N-dealkylation sites (tertiary alicyclic amines) is 3. The van der Waals surface area contributed by atoms with Gasteiger partial charge in [0.1, 0.15) is 0 Å². The minimum absolute atomic E-state index is 0.153. The fourth-order valence-corrected chi connectivity index (χ4v) is 6.27. The highest BCUT2D eigenvalue weighted by Crippen LogP contribution is 2.51. The maximum absolute atomic E-state index is 12.8. The van der Waals surface area contributed by atoms with E-state index < -0.39 is 12.7 Å². The van der Waals surface area contributed by atoms with E-state index in [1.54, 1.807) is 4.90 Å². The summed E-state index contributed by atoms with van der Waals surface area (Å²) in [4.78, 5) is 6.77. The van der Waals surface area contributed by atoms with E-state index in [0.29, 0.717) is 23.9 Å². The summed E-state index contributed by atoms with van der Waals surface area (Å²) in [6.07, 6.45) is 3.83. The van der Waals surface area contributed by atoms with Gasteiger partial charge in [-0.05, 0) is 82.8 Å². The average Bonchev–Trinajstić information content (AvgIpc) is 3.19. The second-order valence-electron chi connectivity index (χ2n) is 9.64. The molecule has 3 nitrogen and oxygen atoms in total. The summed E-state index contributed by atoms with van der Waals surface area (Å²) in [5.41, 5.74) is 1.70. The smallest absolute Gasteiger partial charge is 0.375 e. The quantitative estimate of drug-likeness (QED) is 0.721. The van der Waals surface area contributed by atoms with Crippen molar-refractivity contribution in [2.75, 3.05) is 39.3 Å². The maximum Gasteiger partial charge on any atom is 0.401 e. The molecule has 4 rings (SSSR count). The van der Waals surface area contributed by atoms with E-state index in [1.807, 2.05) is 0 Å². The van der Waals surface area contributed by atoms with Crippen LogP contribution in [0.1, 0.15) is 51.9 Å². The Labute approximate surface area is 161 Å². The average molecular weight is 386 g/mol. The summed E-state index contributed by atoms with van der Waals surface area (Å²) in [6.45, 7) is 10.6. The first kappa shape index (κ1) is 19.6. The molecule has 0 N–H and O–H groups in total. The predicted octanol–water partition coefficient (Wildman–Crippen LogP) is 4.11. The van der Waals surface area contributed by atoms with Gasteiger partial charge in [0.25, 0.3) is 0 Å². The van der Waals surface area contributed by atoms with Gasteiger partial charge in [0.05, 0.1) is 6.54 Å². The molecule has 1 saturated carbocycles. The molecule has 0 aromatic carbocycles. The predicted molar refractivity (Wildman–Crippen MR) is 101 cm³/mol. The molecule has 0 unspecified atom stereocenters. The zero-order valence-electron chi connectivity index (χ0n) is 16.6. The van der Waals surface area contributed by atoms with Crippen LogP contribution in [0.15, 0.2) is 12.3 Å². The summed E-state index contributed by atoms with van der Waals surface area (Å²) in [5.74, 6) is 0.450. The van der Waals surface area contributed by atoms with Crippen molar-refractivity contribution in [1.29, 1.82) is 0 Å². The van der Waals surface area contributed by atoms with Crippen LogP contribution in [0, 0.1) is 11.3 Å². The molecule has 1 spiro atoms. The Kier molecular flexibility index (Phi) is 5.25. The molecular weight excluding hydrogens is 351 g/mol. The number of halogens is 3. The van der Waals surface area contributed by atoms with Crippen molar-refractivity contribution in [2.24, 2.45) is 11.3 Å². The van der Waals surface area contributed by atoms with E-state index >= 15 is 0 Å². The number of hydrogen-bond acceptors (Lipinski definition) is 3. The zero-order valence-corrected chi connectivity index (χ0v) is 16.6. The third kappa shape index (κ3) is 4.16. The van der Waals surface area contributed by atoms with Crippen LogP contribution in [0.4, 0.5) is 13.2 Å². The number of hydrogen-bond donors (Lipinski definition) is 0. The van der Waals surface area contributed by atoms with E-state index in [1.165, 1.54) is 31.5 Å². The lowest BCUT2D eigenvalue weighted by molar-refractivity contribution is -0.150. The van der Waals surface area contributed by atoms with Crippen molar-refractivity contribution in [3.05, 3.63) is 12.3 Å². The van der Waals surface area contributed by atoms with Crippen LogP contribution in [-0.4, -0.2) is 72.2 Å². The van der Waals surface area contributed by atoms with E-state index in [4.69, 9.17) is 0 Å². The van der Waals surface area contributed by atoms with Crippen molar-refractivity contribution < 1.29 is 13.2 Å². The summed E-state index contributed by atoms with van der Waals surface area (Å²) in [6, 6.07) is 0.853. The van der Waals surface area contributed by atoms with Gasteiger partial charge in [0.15, 0.2) is 0 Å². The third-order valence-electron chi connectivity index (χ3n) is 7.75. The molecule has 4 fully saturated rings. The lowest BCUT2D eigenvalue weighted by Gasteiger charge is -2.52. The number of nitrogens with zero attached hydrogens (tertiary/aromatic N) is 3. The Morgan fingerprint density at radius 3 is 2.37 bits per heavy atom. The largest absolute Gasteiger partial charge is 0.401 e. The van der Waals surface area contributed by atoms with Crippen LogP contribution in [-0.2, 0) is 0 Å². The Balaban J connectivity index is 1.24. The lowest BCUT2D eigenvalue weighted by atomic mass is 9.64. The van der Waals surface area contributed by atoms with Gasteiger partial charge in [-0.2, -0.15) is 13.2 Å². The van der Waals surface area contributed by atoms with Crippen molar-refractivity contribution >= 4 is 0 Å². The Bertz CT molecular complexity index is 547. The number of alkyl halides is 3. The van der Waals surface area contributed by atoms with Gasteiger partial charge in [-0.3, -0.25) is 4.90 Å². The van der Waals surface area contributed by atoms with Crippen LogP contribution in [0.25, 0.3) is 0 Å². The highest BCUT2D eigenvalue weighted by atomic mass is 19.4. The summed E-state index contributed by atoms with van der Waals surface area (Å²) in [5, 5.41) is 0. The van der Waals surface area contributed by atoms with Crippen LogP contribution >= 0.6 is 0 Å². The van der Waals surface area contributed by atoms with Gasteiger partial charge in [-0.15, -0.1) is 0 Å². The molecule has 0 aromatic rings. The molecule has 3 heterocycles. The van der Waals surface area contributed by atoms with E-state index in [9.17, 15) is 13.2 Å². The van der Waals surface area contributed by atoms with E-state index in [-0.39, 0.29) is 6.04 Å². The number of rotatable bonds is 4. The van der Waals surface area contributed by atoms with E-state index in [2.05, 4.69) is 23.3 Å². The molecule has 0 amide bonds. The van der Waals surface area contributed by atoms with Crippen molar-refractivity contribution in [3.8, 4) is 0 Å². The van der Waals surface area contributed by atoms with Crippen molar-refractivity contribution in [1.82, 2.24) is 14.7 Å². The van der Waals surface area contributed by atoms with Crippen LogP contribution < -0.4 is 0 Å². The highest BCUT2D eigenvalue weighted by Gasteiger charge is 2.50. The zero-order chi connectivity index (χ0) is 19.2. The molecular formula is C21H34F3N3. The molecule has 3 saturated heterocycles. The molecule has 0 bridgehead atoms. The molecule has 27 heavy (non-hydrogen) atoms. The van der Waals surface area contributed by atoms with Crippen LogP contribution in [0.2, 0.25) is 0 Å². The first-order valence-electron chi connectivity index (χ1n) is 10.7. The van der Waals surface area contributed by atoms with Gasteiger partial charge >= 0.3 is 6.18 Å². The first-order chi connectivity index (χ1) is 12.7. The van der Waals surface area contributed by atoms with Crippen molar-refractivity contribution in [3.63, 3.8) is 0 Å². The van der Waals surface area contributed by atoms with E-state index in [0.717, 1.165) is 45.3 Å².